The first-order valence-electron chi connectivity index (χ1n) is 5.38. The smallest absolute Gasteiger partial charge is 0.0642 e. The summed E-state index contributed by atoms with van der Waals surface area (Å²) in [4.78, 5) is 0. The summed E-state index contributed by atoms with van der Waals surface area (Å²) in [5, 5.41) is 10.1. The van der Waals surface area contributed by atoms with Crippen molar-refractivity contribution < 1.29 is 5.11 Å². The molecule has 1 nitrogen and oxygen atoms in total. The van der Waals surface area contributed by atoms with Gasteiger partial charge in [-0.15, -0.1) is 0 Å². The van der Waals surface area contributed by atoms with Gasteiger partial charge in [0.1, 0.15) is 0 Å². The molecule has 0 saturated heterocycles. The zero-order valence-electron chi connectivity index (χ0n) is 7.82. The molecular formula is C12H16O. The molecule has 1 heteroatoms. The average molecular weight is 176 g/mol. The molecule has 3 rings (SSSR count). The van der Waals surface area contributed by atoms with Crippen LogP contribution in [0.25, 0.3) is 0 Å². The predicted molar refractivity (Wildman–Crippen MR) is 52.2 cm³/mol. The molecule has 13 heavy (non-hydrogen) atoms. The molecule has 1 spiro atoms. The van der Waals surface area contributed by atoms with Crippen molar-refractivity contribution in [3.8, 4) is 0 Å². The Morgan fingerprint density at radius 3 is 2.77 bits per heavy atom. The lowest BCUT2D eigenvalue weighted by molar-refractivity contribution is -0.0510. The van der Waals surface area contributed by atoms with Gasteiger partial charge in [0.15, 0.2) is 0 Å². The topological polar surface area (TPSA) is 20.2 Å². The Bertz CT molecular complexity index is 279. The Hall–Kier alpha value is -0.560. The van der Waals surface area contributed by atoms with E-state index in [1.807, 2.05) is 0 Å². The normalized spacial score (nSPS) is 52.2. The van der Waals surface area contributed by atoms with Gasteiger partial charge in [-0.05, 0) is 31.1 Å². The van der Waals surface area contributed by atoms with Gasteiger partial charge in [-0.2, -0.15) is 0 Å². The molecule has 3 aliphatic rings. The van der Waals surface area contributed by atoms with Gasteiger partial charge in [0.05, 0.1) is 6.10 Å². The lowest BCUT2D eigenvalue weighted by atomic mass is 9.50. The maximum atomic E-state index is 10.1. The van der Waals surface area contributed by atoms with E-state index < -0.39 is 0 Å². The molecule has 0 heterocycles. The maximum Gasteiger partial charge on any atom is 0.0642 e. The van der Waals surface area contributed by atoms with Crippen molar-refractivity contribution in [3.05, 3.63) is 24.3 Å². The van der Waals surface area contributed by atoms with Crippen LogP contribution >= 0.6 is 0 Å². The average Bonchev–Trinajstić information content (AvgIpc) is 2.09. The summed E-state index contributed by atoms with van der Waals surface area (Å²) in [5.41, 5.74) is 0.160. The molecule has 0 aliphatic heterocycles. The summed E-state index contributed by atoms with van der Waals surface area (Å²) in [7, 11) is 0. The van der Waals surface area contributed by atoms with Crippen molar-refractivity contribution in [2.45, 2.75) is 31.8 Å². The van der Waals surface area contributed by atoms with E-state index in [9.17, 15) is 5.11 Å². The van der Waals surface area contributed by atoms with Crippen molar-refractivity contribution in [2.75, 3.05) is 0 Å². The van der Waals surface area contributed by atoms with Gasteiger partial charge in [0.2, 0.25) is 0 Å². The standard InChI is InChI=1S/C12H16O/c13-11-6-2-5-9-3-1-4-10-7-8-12(9,10)11/h1,3,7-11,13H,2,4-6H2/t9-,10+,11+,12+/m0/s1. The number of hydrogen-bond acceptors (Lipinski definition) is 1. The summed E-state index contributed by atoms with van der Waals surface area (Å²) in [6.07, 6.45) is 13.7. The number of rotatable bonds is 0. The van der Waals surface area contributed by atoms with Gasteiger partial charge in [-0.25, -0.2) is 0 Å². The van der Waals surface area contributed by atoms with Gasteiger partial charge in [-0.1, -0.05) is 30.7 Å². The Labute approximate surface area is 79.2 Å². The third-order valence-corrected chi connectivity index (χ3v) is 4.23. The fourth-order valence-corrected chi connectivity index (χ4v) is 3.42. The van der Waals surface area contributed by atoms with Gasteiger partial charge < -0.3 is 5.11 Å². The quantitative estimate of drug-likeness (QED) is 0.561. The minimum absolute atomic E-state index is 0.0776. The molecule has 0 aromatic heterocycles. The van der Waals surface area contributed by atoms with Crippen molar-refractivity contribution in [2.24, 2.45) is 17.3 Å². The van der Waals surface area contributed by atoms with E-state index in [0.717, 1.165) is 12.8 Å². The van der Waals surface area contributed by atoms with E-state index >= 15 is 0 Å². The van der Waals surface area contributed by atoms with Crippen molar-refractivity contribution >= 4 is 0 Å². The minimum atomic E-state index is -0.0776. The summed E-state index contributed by atoms with van der Waals surface area (Å²) >= 11 is 0. The van der Waals surface area contributed by atoms with Crippen LogP contribution in [0.3, 0.4) is 0 Å². The van der Waals surface area contributed by atoms with Crippen molar-refractivity contribution in [1.29, 1.82) is 0 Å². The van der Waals surface area contributed by atoms with E-state index in [1.54, 1.807) is 0 Å². The summed E-state index contributed by atoms with van der Waals surface area (Å²) < 4.78 is 0. The molecule has 0 aromatic rings. The highest BCUT2D eigenvalue weighted by Crippen LogP contribution is 2.57. The third kappa shape index (κ3) is 0.812. The molecule has 0 unspecified atom stereocenters. The lowest BCUT2D eigenvalue weighted by Crippen LogP contribution is -2.53. The second-order valence-electron chi connectivity index (χ2n) is 4.68. The van der Waals surface area contributed by atoms with Crippen LogP contribution in [0.2, 0.25) is 0 Å². The van der Waals surface area contributed by atoms with Crippen molar-refractivity contribution in [3.63, 3.8) is 0 Å². The molecule has 4 atom stereocenters. The molecule has 1 N–H and O–H groups in total. The van der Waals surface area contributed by atoms with E-state index in [-0.39, 0.29) is 11.5 Å². The van der Waals surface area contributed by atoms with E-state index in [0.29, 0.717) is 11.8 Å². The largest absolute Gasteiger partial charge is 0.392 e. The summed E-state index contributed by atoms with van der Waals surface area (Å²) in [5.74, 6) is 1.26. The first-order valence-corrected chi connectivity index (χ1v) is 5.38. The Morgan fingerprint density at radius 2 is 2.08 bits per heavy atom. The molecule has 1 fully saturated rings. The van der Waals surface area contributed by atoms with Crippen LogP contribution in [-0.4, -0.2) is 11.2 Å². The van der Waals surface area contributed by atoms with Crippen LogP contribution in [0, 0.1) is 17.3 Å². The molecule has 0 amide bonds. The number of aliphatic hydroxyl groups excluding tert-OH is 1. The third-order valence-electron chi connectivity index (χ3n) is 4.23. The second kappa shape index (κ2) is 2.48. The van der Waals surface area contributed by atoms with Crippen LogP contribution in [-0.2, 0) is 0 Å². The SMILES string of the molecule is O[C@@H]1CCC[C@@H]2C=CC[C@@H]3C=C[C@]132. The highest BCUT2D eigenvalue weighted by molar-refractivity contribution is 5.30. The van der Waals surface area contributed by atoms with E-state index in [2.05, 4.69) is 24.3 Å². The van der Waals surface area contributed by atoms with Gasteiger partial charge in [-0.3, -0.25) is 0 Å². The first-order chi connectivity index (χ1) is 6.34. The van der Waals surface area contributed by atoms with Gasteiger partial charge in [0.25, 0.3) is 0 Å². The fraction of sp³-hybridized carbons (Fsp3) is 0.667. The maximum absolute atomic E-state index is 10.1. The predicted octanol–water partition coefficient (Wildman–Crippen LogP) is 2.28. The van der Waals surface area contributed by atoms with Crippen LogP contribution in [0.5, 0.6) is 0 Å². The molecule has 0 aromatic carbocycles. The zero-order chi connectivity index (χ0) is 8.89. The fourth-order valence-electron chi connectivity index (χ4n) is 3.42. The molecule has 1 saturated carbocycles. The van der Waals surface area contributed by atoms with E-state index in [4.69, 9.17) is 0 Å². The number of allylic oxidation sites excluding steroid dienone is 3. The molecule has 0 bridgehead atoms. The van der Waals surface area contributed by atoms with E-state index in [1.165, 1.54) is 12.8 Å². The molecular weight excluding hydrogens is 160 g/mol. The minimum Gasteiger partial charge on any atom is -0.392 e. The molecule has 3 aliphatic carbocycles. The Morgan fingerprint density at radius 1 is 1.15 bits per heavy atom. The first kappa shape index (κ1) is 7.81. The lowest BCUT2D eigenvalue weighted by Gasteiger charge is -2.55. The number of aliphatic hydroxyl groups is 1. The molecule has 0 radical (unpaired) electrons. The monoisotopic (exact) mass is 176 g/mol. The highest BCUT2D eigenvalue weighted by atomic mass is 16.3. The summed E-state index contributed by atoms with van der Waals surface area (Å²) in [6.45, 7) is 0. The van der Waals surface area contributed by atoms with Crippen LogP contribution < -0.4 is 0 Å². The van der Waals surface area contributed by atoms with Gasteiger partial charge >= 0.3 is 0 Å². The Kier molecular flexibility index (Phi) is 1.49. The zero-order valence-corrected chi connectivity index (χ0v) is 7.82. The molecule has 70 valence electrons. The van der Waals surface area contributed by atoms with Crippen LogP contribution in [0.4, 0.5) is 0 Å². The second-order valence-corrected chi connectivity index (χ2v) is 4.68. The summed E-state index contributed by atoms with van der Waals surface area (Å²) in [6, 6.07) is 0. The highest BCUT2D eigenvalue weighted by Gasteiger charge is 2.53. The Balaban J connectivity index is 2.02. The van der Waals surface area contributed by atoms with Crippen LogP contribution in [0.15, 0.2) is 24.3 Å². The van der Waals surface area contributed by atoms with Crippen molar-refractivity contribution in [1.82, 2.24) is 0 Å². The number of hydrogen-bond donors (Lipinski definition) is 1. The van der Waals surface area contributed by atoms with Gasteiger partial charge in [0, 0.05) is 5.41 Å². The van der Waals surface area contributed by atoms with Crippen LogP contribution in [0.1, 0.15) is 25.7 Å².